The van der Waals surface area contributed by atoms with Crippen molar-refractivity contribution in [2.45, 2.75) is 31.7 Å². The number of carboxylic acids is 1. The van der Waals surface area contributed by atoms with E-state index < -0.39 is 11.5 Å². The molecule has 2 N–H and O–H groups in total. The zero-order valence-corrected chi connectivity index (χ0v) is 13.2. The van der Waals surface area contributed by atoms with Crippen molar-refractivity contribution in [2.24, 2.45) is 0 Å². The molecule has 0 aromatic heterocycles. The second kappa shape index (κ2) is 6.64. The minimum atomic E-state index is -1.01. The van der Waals surface area contributed by atoms with E-state index in [0.717, 1.165) is 18.1 Å². The summed E-state index contributed by atoms with van der Waals surface area (Å²) in [6.07, 6.45) is 4.77. The Balaban J connectivity index is 2.08. The SMILES string of the molecule is CC(=O)N(C)C1(C(=O)Nc2ccc(/C=C/C(=O)O)cc2)CCC1. The van der Waals surface area contributed by atoms with Gasteiger partial charge >= 0.3 is 5.97 Å². The molecule has 1 aromatic carbocycles. The van der Waals surface area contributed by atoms with Crippen LogP contribution in [-0.4, -0.2) is 40.4 Å². The Morgan fingerprint density at radius 2 is 1.83 bits per heavy atom. The van der Waals surface area contributed by atoms with E-state index in [9.17, 15) is 14.4 Å². The average molecular weight is 316 g/mol. The summed E-state index contributed by atoms with van der Waals surface area (Å²) in [6.45, 7) is 1.46. The highest BCUT2D eigenvalue weighted by Crippen LogP contribution is 2.38. The van der Waals surface area contributed by atoms with Gasteiger partial charge in [0.15, 0.2) is 0 Å². The summed E-state index contributed by atoms with van der Waals surface area (Å²) in [5.41, 5.74) is 0.587. The number of carboxylic acid groups (broad SMARTS) is 1. The number of hydrogen-bond acceptors (Lipinski definition) is 3. The van der Waals surface area contributed by atoms with E-state index >= 15 is 0 Å². The van der Waals surface area contributed by atoms with Crippen LogP contribution in [0.3, 0.4) is 0 Å². The molecule has 0 atom stereocenters. The standard InChI is InChI=1S/C17H20N2O4/c1-12(20)19(2)17(10-3-11-17)16(23)18-14-7-4-13(5-8-14)6-9-15(21)22/h4-9H,3,10-11H2,1-2H3,(H,18,23)(H,21,22)/b9-6+. The lowest BCUT2D eigenvalue weighted by molar-refractivity contribution is -0.147. The molecule has 0 radical (unpaired) electrons. The molecule has 1 aliphatic rings. The van der Waals surface area contributed by atoms with Gasteiger partial charge in [-0.05, 0) is 43.0 Å². The number of carbonyl (C=O) groups excluding carboxylic acids is 2. The highest BCUT2D eigenvalue weighted by Gasteiger charge is 2.48. The van der Waals surface area contributed by atoms with E-state index in [1.54, 1.807) is 31.3 Å². The van der Waals surface area contributed by atoms with E-state index in [4.69, 9.17) is 5.11 Å². The molecule has 1 aliphatic carbocycles. The number of rotatable bonds is 5. The topological polar surface area (TPSA) is 86.7 Å². The maximum absolute atomic E-state index is 12.6. The second-order valence-electron chi connectivity index (χ2n) is 5.71. The largest absolute Gasteiger partial charge is 0.478 e. The first-order valence-electron chi connectivity index (χ1n) is 7.42. The quantitative estimate of drug-likeness (QED) is 0.815. The average Bonchev–Trinajstić information content (AvgIpc) is 2.45. The van der Waals surface area contributed by atoms with Crippen LogP contribution in [0.5, 0.6) is 0 Å². The molecule has 122 valence electrons. The fourth-order valence-corrected chi connectivity index (χ4v) is 2.62. The van der Waals surface area contributed by atoms with Crippen molar-refractivity contribution in [3.05, 3.63) is 35.9 Å². The van der Waals surface area contributed by atoms with Crippen molar-refractivity contribution in [1.82, 2.24) is 4.90 Å². The van der Waals surface area contributed by atoms with Crippen LogP contribution >= 0.6 is 0 Å². The molecule has 2 amide bonds. The number of likely N-dealkylation sites (N-methyl/N-ethyl adjacent to an activating group) is 1. The number of carbonyl (C=O) groups is 3. The Bertz CT molecular complexity index is 645. The fraction of sp³-hybridized carbons (Fsp3) is 0.353. The number of hydrogen-bond donors (Lipinski definition) is 2. The Kier molecular flexibility index (Phi) is 4.83. The lowest BCUT2D eigenvalue weighted by Crippen LogP contribution is -2.61. The maximum atomic E-state index is 12.6. The van der Waals surface area contributed by atoms with E-state index in [0.29, 0.717) is 18.5 Å². The number of nitrogens with zero attached hydrogens (tertiary/aromatic N) is 1. The zero-order chi connectivity index (χ0) is 17.0. The molecule has 1 fully saturated rings. The van der Waals surface area contributed by atoms with Gasteiger partial charge in [0.2, 0.25) is 11.8 Å². The van der Waals surface area contributed by atoms with E-state index in [-0.39, 0.29) is 11.8 Å². The zero-order valence-electron chi connectivity index (χ0n) is 13.2. The number of nitrogens with one attached hydrogen (secondary N) is 1. The molecule has 0 saturated heterocycles. The lowest BCUT2D eigenvalue weighted by atomic mass is 9.74. The van der Waals surface area contributed by atoms with Gasteiger partial charge in [-0.15, -0.1) is 0 Å². The Morgan fingerprint density at radius 1 is 1.22 bits per heavy atom. The first kappa shape index (κ1) is 16.7. The molecule has 0 heterocycles. The Hall–Kier alpha value is -2.63. The first-order valence-corrected chi connectivity index (χ1v) is 7.42. The van der Waals surface area contributed by atoms with Gasteiger partial charge in [0.05, 0.1) is 0 Å². The summed E-state index contributed by atoms with van der Waals surface area (Å²) in [6, 6.07) is 6.85. The molecular formula is C17H20N2O4. The number of anilines is 1. The molecule has 0 spiro atoms. The highest BCUT2D eigenvalue weighted by atomic mass is 16.4. The van der Waals surface area contributed by atoms with Gasteiger partial charge in [0.1, 0.15) is 5.54 Å². The van der Waals surface area contributed by atoms with Gasteiger partial charge in [-0.2, -0.15) is 0 Å². The monoisotopic (exact) mass is 316 g/mol. The Labute approximate surface area is 134 Å². The summed E-state index contributed by atoms with van der Waals surface area (Å²) in [4.78, 5) is 36.2. The molecule has 1 aromatic rings. The van der Waals surface area contributed by atoms with Gasteiger partial charge in [0, 0.05) is 25.7 Å². The fourth-order valence-electron chi connectivity index (χ4n) is 2.62. The molecule has 6 nitrogen and oxygen atoms in total. The van der Waals surface area contributed by atoms with Crippen molar-refractivity contribution >= 4 is 29.5 Å². The third kappa shape index (κ3) is 3.59. The van der Waals surface area contributed by atoms with E-state index in [1.807, 2.05) is 0 Å². The number of benzene rings is 1. The minimum absolute atomic E-state index is 0.131. The second-order valence-corrected chi connectivity index (χ2v) is 5.71. The number of amides is 2. The predicted molar refractivity (Wildman–Crippen MR) is 86.8 cm³/mol. The van der Waals surface area contributed by atoms with Crippen molar-refractivity contribution in [3.8, 4) is 0 Å². The summed E-state index contributed by atoms with van der Waals surface area (Å²) in [5, 5.41) is 11.4. The van der Waals surface area contributed by atoms with Crippen LogP contribution < -0.4 is 5.32 Å². The maximum Gasteiger partial charge on any atom is 0.328 e. The van der Waals surface area contributed by atoms with Crippen LogP contribution in [0, 0.1) is 0 Å². The smallest absolute Gasteiger partial charge is 0.328 e. The number of aliphatic carboxylic acids is 1. The van der Waals surface area contributed by atoms with Crippen LogP contribution in [0.15, 0.2) is 30.3 Å². The van der Waals surface area contributed by atoms with Crippen LogP contribution in [0.4, 0.5) is 5.69 Å². The highest BCUT2D eigenvalue weighted by molar-refractivity contribution is 6.01. The van der Waals surface area contributed by atoms with Crippen molar-refractivity contribution in [1.29, 1.82) is 0 Å². The van der Waals surface area contributed by atoms with Crippen LogP contribution in [0.25, 0.3) is 6.08 Å². The van der Waals surface area contributed by atoms with Gasteiger partial charge in [-0.25, -0.2) is 4.79 Å². The predicted octanol–water partition coefficient (Wildman–Crippen LogP) is 2.12. The Morgan fingerprint density at radius 3 is 2.26 bits per heavy atom. The summed E-state index contributed by atoms with van der Waals surface area (Å²) >= 11 is 0. The molecule has 0 aliphatic heterocycles. The first-order chi connectivity index (χ1) is 10.8. The van der Waals surface area contributed by atoms with Crippen molar-refractivity contribution in [2.75, 3.05) is 12.4 Å². The molecule has 23 heavy (non-hydrogen) atoms. The van der Waals surface area contributed by atoms with Gasteiger partial charge in [0.25, 0.3) is 0 Å². The lowest BCUT2D eigenvalue weighted by Gasteiger charge is -2.46. The van der Waals surface area contributed by atoms with Crippen molar-refractivity contribution in [3.63, 3.8) is 0 Å². The minimum Gasteiger partial charge on any atom is -0.478 e. The van der Waals surface area contributed by atoms with Crippen LogP contribution in [0.1, 0.15) is 31.7 Å². The molecule has 2 rings (SSSR count). The third-order valence-corrected chi connectivity index (χ3v) is 4.30. The van der Waals surface area contributed by atoms with Crippen molar-refractivity contribution < 1.29 is 19.5 Å². The van der Waals surface area contributed by atoms with E-state index in [2.05, 4.69) is 5.32 Å². The normalized spacial score (nSPS) is 15.7. The molecule has 6 heteroatoms. The van der Waals surface area contributed by atoms with Gasteiger partial charge < -0.3 is 15.3 Å². The summed E-state index contributed by atoms with van der Waals surface area (Å²) < 4.78 is 0. The van der Waals surface area contributed by atoms with E-state index in [1.165, 1.54) is 17.9 Å². The molecule has 1 saturated carbocycles. The van der Waals surface area contributed by atoms with Gasteiger partial charge in [-0.3, -0.25) is 9.59 Å². The van der Waals surface area contributed by atoms with Crippen LogP contribution in [-0.2, 0) is 14.4 Å². The van der Waals surface area contributed by atoms with Gasteiger partial charge in [-0.1, -0.05) is 12.1 Å². The third-order valence-electron chi connectivity index (χ3n) is 4.30. The summed E-state index contributed by atoms with van der Waals surface area (Å²) in [7, 11) is 1.65. The molecule has 0 unspecified atom stereocenters. The summed E-state index contributed by atoms with van der Waals surface area (Å²) in [5.74, 6) is -1.33. The molecule has 0 bridgehead atoms. The molecular weight excluding hydrogens is 296 g/mol. The van der Waals surface area contributed by atoms with Crippen LogP contribution in [0.2, 0.25) is 0 Å².